The molecule has 1 fully saturated rings. The first kappa shape index (κ1) is 10.2. The second kappa shape index (κ2) is 4.95. The fraction of sp³-hybridized carbons (Fsp3) is 0.462. The van der Waals surface area contributed by atoms with Gasteiger partial charge in [0.25, 0.3) is 0 Å². The van der Waals surface area contributed by atoms with Crippen molar-refractivity contribution in [3.05, 3.63) is 41.2 Å². The van der Waals surface area contributed by atoms with E-state index in [2.05, 4.69) is 22.3 Å². The summed E-state index contributed by atoms with van der Waals surface area (Å²) in [5.41, 5.74) is 2.14. The molecule has 1 saturated heterocycles. The summed E-state index contributed by atoms with van der Waals surface area (Å²) in [6.45, 7) is 9.18. The van der Waals surface area contributed by atoms with Gasteiger partial charge in [-0.15, -0.1) is 0 Å². The molecule has 0 spiro atoms. The molecule has 2 rings (SSSR count). The van der Waals surface area contributed by atoms with Gasteiger partial charge >= 0.3 is 0 Å². The van der Waals surface area contributed by atoms with Crippen LogP contribution in [0.4, 0.5) is 5.69 Å². The molecule has 0 radical (unpaired) electrons. The summed E-state index contributed by atoms with van der Waals surface area (Å²) in [5, 5.41) is 3.42. The standard InChI is InChI=1S/C13H16N2/c1-14-13-6-4-12(5-7-13)11-3-2-9-15-10-8-11/h4-7,11,15H,2-3,8-10H2. The first-order chi connectivity index (χ1) is 7.40. The number of hydrogen-bond donors (Lipinski definition) is 1. The van der Waals surface area contributed by atoms with Gasteiger partial charge in [0.05, 0.1) is 6.57 Å². The van der Waals surface area contributed by atoms with Crippen LogP contribution < -0.4 is 5.32 Å². The van der Waals surface area contributed by atoms with Gasteiger partial charge in [-0.25, -0.2) is 4.85 Å². The van der Waals surface area contributed by atoms with Crippen LogP contribution in [0.2, 0.25) is 0 Å². The van der Waals surface area contributed by atoms with Crippen molar-refractivity contribution in [1.82, 2.24) is 5.32 Å². The fourth-order valence-corrected chi connectivity index (χ4v) is 2.17. The van der Waals surface area contributed by atoms with Crippen molar-refractivity contribution in [2.24, 2.45) is 0 Å². The maximum absolute atomic E-state index is 6.91. The summed E-state index contributed by atoms with van der Waals surface area (Å²) < 4.78 is 0. The molecule has 2 heteroatoms. The van der Waals surface area contributed by atoms with Crippen molar-refractivity contribution < 1.29 is 0 Å². The second-order valence-corrected chi connectivity index (χ2v) is 4.08. The van der Waals surface area contributed by atoms with Gasteiger partial charge in [0.1, 0.15) is 0 Å². The second-order valence-electron chi connectivity index (χ2n) is 4.08. The Balaban J connectivity index is 2.10. The lowest BCUT2D eigenvalue weighted by atomic mass is 9.92. The van der Waals surface area contributed by atoms with Gasteiger partial charge in [-0.05, 0) is 43.8 Å². The first-order valence-electron chi connectivity index (χ1n) is 5.58. The van der Waals surface area contributed by atoms with Crippen molar-refractivity contribution in [2.75, 3.05) is 13.1 Å². The minimum absolute atomic E-state index is 0.680. The molecule has 0 aliphatic carbocycles. The van der Waals surface area contributed by atoms with Gasteiger partial charge in [0.2, 0.25) is 0 Å². The van der Waals surface area contributed by atoms with Crippen molar-refractivity contribution >= 4 is 5.69 Å². The van der Waals surface area contributed by atoms with Crippen molar-refractivity contribution in [3.63, 3.8) is 0 Å². The lowest BCUT2D eigenvalue weighted by molar-refractivity contribution is 0.609. The zero-order valence-corrected chi connectivity index (χ0v) is 8.87. The molecule has 1 aliphatic heterocycles. The third-order valence-electron chi connectivity index (χ3n) is 3.07. The van der Waals surface area contributed by atoms with Crippen LogP contribution in [0.25, 0.3) is 4.85 Å². The highest BCUT2D eigenvalue weighted by molar-refractivity contribution is 5.45. The van der Waals surface area contributed by atoms with E-state index < -0.39 is 0 Å². The first-order valence-corrected chi connectivity index (χ1v) is 5.58. The molecule has 78 valence electrons. The van der Waals surface area contributed by atoms with Gasteiger partial charge in [-0.1, -0.05) is 24.3 Å². The van der Waals surface area contributed by atoms with Crippen LogP contribution >= 0.6 is 0 Å². The van der Waals surface area contributed by atoms with E-state index in [1.54, 1.807) is 0 Å². The minimum atomic E-state index is 0.680. The monoisotopic (exact) mass is 200 g/mol. The molecular formula is C13H16N2. The molecule has 1 N–H and O–H groups in total. The molecule has 1 atom stereocenters. The number of nitrogens with one attached hydrogen (secondary N) is 1. The average Bonchev–Trinajstić information content (AvgIpc) is 2.58. The van der Waals surface area contributed by atoms with Crippen molar-refractivity contribution in [3.8, 4) is 0 Å². The molecule has 0 aromatic heterocycles. The Morgan fingerprint density at radius 3 is 2.67 bits per heavy atom. The van der Waals surface area contributed by atoms with E-state index in [4.69, 9.17) is 6.57 Å². The summed E-state index contributed by atoms with van der Waals surface area (Å²) in [7, 11) is 0. The maximum Gasteiger partial charge on any atom is 0.187 e. The fourth-order valence-electron chi connectivity index (χ4n) is 2.17. The Labute approximate surface area is 91.1 Å². The Kier molecular flexibility index (Phi) is 3.37. The molecule has 1 aromatic rings. The van der Waals surface area contributed by atoms with E-state index >= 15 is 0 Å². The summed E-state index contributed by atoms with van der Waals surface area (Å²) in [6, 6.07) is 8.09. The van der Waals surface area contributed by atoms with Crippen LogP contribution in [-0.4, -0.2) is 13.1 Å². The summed E-state index contributed by atoms with van der Waals surface area (Å²) in [6.07, 6.45) is 3.75. The van der Waals surface area contributed by atoms with Crippen LogP contribution in [0.15, 0.2) is 24.3 Å². The zero-order valence-electron chi connectivity index (χ0n) is 8.87. The van der Waals surface area contributed by atoms with Crippen LogP contribution in [0, 0.1) is 6.57 Å². The Morgan fingerprint density at radius 2 is 1.93 bits per heavy atom. The van der Waals surface area contributed by atoms with E-state index in [0.717, 1.165) is 18.8 Å². The summed E-state index contributed by atoms with van der Waals surface area (Å²) in [5.74, 6) is 0.680. The number of rotatable bonds is 1. The zero-order chi connectivity index (χ0) is 10.5. The molecule has 1 unspecified atom stereocenters. The van der Waals surface area contributed by atoms with Gasteiger partial charge < -0.3 is 5.32 Å². The average molecular weight is 200 g/mol. The third-order valence-corrected chi connectivity index (χ3v) is 3.07. The largest absolute Gasteiger partial charge is 0.317 e. The lowest BCUT2D eigenvalue weighted by Crippen LogP contribution is -2.13. The molecule has 0 bridgehead atoms. The van der Waals surface area contributed by atoms with Crippen LogP contribution in [0.5, 0.6) is 0 Å². The SMILES string of the molecule is [C-]#[N+]c1ccc(C2CCCNCC2)cc1. The van der Waals surface area contributed by atoms with E-state index in [-0.39, 0.29) is 0 Å². The Bertz CT molecular complexity index is 340. The van der Waals surface area contributed by atoms with E-state index in [1.807, 2.05) is 12.1 Å². The lowest BCUT2D eigenvalue weighted by Gasteiger charge is -2.13. The molecule has 0 amide bonds. The van der Waals surface area contributed by atoms with E-state index in [0.29, 0.717) is 5.92 Å². The Morgan fingerprint density at radius 1 is 1.13 bits per heavy atom. The highest BCUT2D eigenvalue weighted by atomic mass is 14.8. The summed E-state index contributed by atoms with van der Waals surface area (Å²) in [4.78, 5) is 3.41. The van der Waals surface area contributed by atoms with Gasteiger partial charge in [-0.3, -0.25) is 0 Å². The normalized spacial score (nSPS) is 21.7. The van der Waals surface area contributed by atoms with Gasteiger partial charge in [0.15, 0.2) is 5.69 Å². The van der Waals surface area contributed by atoms with Gasteiger partial charge in [-0.2, -0.15) is 0 Å². The number of hydrogen-bond acceptors (Lipinski definition) is 1. The van der Waals surface area contributed by atoms with E-state index in [1.165, 1.54) is 24.8 Å². The third kappa shape index (κ3) is 2.57. The number of benzene rings is 1. The highest BCUT2D eigenvalue weighted by Crippen LogP contribution is 2.27. The van der Waals surface area contributed by atoms with Crippen molar-refractivity contribution in [2.45, 2.75) is 25.2 Å². The molecule has 0 saturated carbocycles. The number of nitrogens with zero attached hydrogens (tertiary/aromatic N) is 1. The van der Waals surface area contributed by atoms with Gasteiger partial charge in [0, 0.05) is 0 Å². The molecular weight excluding hydrogens is 184 g/mol. The minimum Gasteiger partial charge on any atom is -0.317 e. The predicted octanol–water partition coefficient (Wildman–Crippen LogP) is 3.09. The predicted molar refractivity (Wildman–Crippen MR) is 62.2 cm³/mol. The molecule has 1 heterocycles. The highest BCUT2D eigenvalue weighted by Gasteiger charge is 2.13. The summed E-state index contributed by atoms with van der Waals surface area (Å²) >= 11 is 0. The maximum atomic E-state index is 6.91. The smallest absolute Gasteiger partial charge is 0.187 e. The molecule has 15 heavy (non-hydrogen) atoms. The molecule has 1 aliphatic rings. The molecule has 2 nitrogen and oxygen atoms in total. The quantitative estimate of drug-likeness (QED) is 0.689. The van der Waals surface area contributed by atoms with E-state index in [9.17, 15) is 0 Å². The van der Waals surface area contributed by atoms with Crippen LogP contribution in [0.3, 0.4) is 0 Å². The van der Waals surface area contributed by atoms with Crippen LogP contribution in [-0.2, 0) is 0 Å². The van der Waals surface area contributed by atoms with Crippen LogP contribution in [0.1, 0.15) is 30.7 Å². The molecule has 1 aromatic carbocycles. The topological polar surface area (TPSA) is 16.4 Å². The Hall–Kier alpha value is -1.33. The van der Waals surface area contributed by atoms with Crippen molar-refractivity contribution in [1.29, 1.82) is 0 Å².